The maximum atomic E-state index is 14.0. The Morgan fingerprint density at radius 2 is 2.14 bits per heavy atom. The van der Waals surface area contributed by atoms with Gasteiger partial charge in [-0.15, -0.1) is 0 Å². The Bertz CT molecular complexity index is 1210. The number of rotatable bonds is 3. The van der Waals surface area contributed by atoms with Crippen molar-refractivity contribution >= 4 is 17.3 Å². The lowest BCUT2D eigenvalue weighted by Crippen LogP contribution is -2.42. The predicted molar refractivity (Wildman–Crippen MR) is 95.3 cm³/mol. The first-order chi connectivity index (χ1) is 14.2. The topological polar surface area (TPSA) is 89.0 Å². The van der Waals surface area contributed by atoms with Gasteiger partial charge in [0, 0.05) is 23.7 Å². The molecule has 0 saturated carbocycles. The molecule has 2 aromatic heterocycles. The van der Waals surface area contributed by atoms with Crippen molar-refractivity contribution in [2.24, 2.45) is 5.16 Å². The first kappa shape index (κ1) is 17.6. The van der Waals surface area contributed by atoms with Crippen LogP contribution < -0.4 is 0 Å². The average molecular weight is 421 g/mol. The van der Waals surface area contributed by atoms with E-state index in [1.165, 1.54) is 35.3 Å². The second-order valence-corrected chi connectivity index (χ2v) is 6.52. The Kier molecular flexibility index (Phi) is 4.17. The maximum Gasteiger partial charge on any atom is 0.435 e. The molecule has 0 radical (unpaired) electrons. The van der Waals surface area contributed by atoms with Gasteiger partial charge < -0.3 is 4.84 Å². The van der Waals surface area contributed by atoms with Crippen LogP contribution in [0.1, 0.15) is 24.5 Å². The number of oxime groups is 1. The molecule has 0 fully saturated rings. The highest BCUT2D eigenvalue weighted by molar-refractivity contribution is 6.29. The van der Waals surface area contributed by atoms with Crippen LogP contribution in [-0.4, -0.2) is 31.6 Å². The molecule has 1 aliphatic rings. The number of halogens is 4. The Morgan fingerprint density at radius 3 is 2.79 bits per heavy atom. The Labute approximate surface area is 168 Å². The minimum atomic E-state index is -4.79. The number of benzene rings is 1. The van der Waals surface area contributed by atoms with Gasteiger partial charge in [-0.1, -0.05) is 22.8 Å². The van der Waals surface area contributed by atoms with Gasteiger partial charge in [0.05, 0.1) is 17.0 Å². The highest BCUT2D eigenvalue weighted by Crippen LogP contribution is 2.49. The highest BCUT2D eigenvalue weighted by Gasteiger charge is 2.62. The number of alkyl halides is 3. The largest absolute Gasteiger partial charge is 0.435 e. The standard InChI is InChI=1S/C18H10ClF3N6O/c19-16-6-13(3-4-25-16)17(18(20,21)22)7-14(27-29-17)11-1-2-15(12(5-11)8-23)28-10-24-9-26-28/h1-6,9-10H,7H2/i9T. The maximum absolute atomic E-state index is 14.0. The van der Waals surface area contributed by atoms with E-state index in [1.54, 1.807) is 0 Å². The fraction of sp³-hybridized carbons (Fsp3) is 0.167. The second-order valence-electron chi connectivity index (χ2n) is 6.13. The molecule has 11 heteroatoms. The minimum Gasteiger partial charge on any atom is -0.374 e. The third-order valence-electron chi connectivity index (χ3n) is 4.45. The summed E-state index contributed by atoms with van der Waals surface area (Å²) in [4.78, 5) is 12.3. The molecule has 29 heavy (non-hydrogen) atoms. The first-order valence-corrected chi connectivity index (χ1v) is 8.48. The summed E-state index contributed by atoms with van der Waals surface area (Å²) in [5.74, 6) is 0. The van der Waals surface area contributed by atoms with Crippen LogP contribution in [0.2, 0.25) is 5.15 Å². The molecule has 0 aliphatic carbocycles. The van der Waals surface area contributed by atoms with Gasteiger partial charge >= 0.3 is 6.18 Å². The van der Waals surface area contributed by atoms with Crippen LogP contribution in [-0.2, 0) is 10.4 Å². The van der Waals surface area contributed by atoms with Gasteiger partial charge in [-0.05, 0) is 24.3 Å². The van der Waals surface area contributed by atoms with Gasteiger partial charge in [-0.3, -0.25) is 0 Å². The molecule has 7 nitrogen and oxygen atoms in total. The molecule has 1 aliphatic heterocycles. The molecule has 0 bridgehead atoms. The van der Waals surface area contributed by atoms with Gasteiger partial charge in [0.2, 0.25) is 0 Å². The Morgan fingerprint density at radius 1 is 1.31 bits per heavy atom. The monoisotopic (exact) mass is 420 g/mol. The van der Waals surface area contributed by atoms with Crippen molar-refractivity contribution in [1.82, 2.24) is 19.7 Å². The summed E-state index contributed by atoms with van der Waals surface area (Å²) >= 11 is 5.77. The summed E-state index contributed by atoms with van der Waals surface area (Å²) in [6.45, 7) is 0. The Hall–Kier alpha value is -3.45. The van der Waals surface area contributed by atoms with Crippen LogP contribution in [0.25, 0.3) is 5.69 Å². The molecule has 146 valence electrons. The number of hydrogen-bond donors (Lipinski definition) is 0. The molecule has 3 heterocycles. The smallest absolute Gasteiger partial charge is 0.374 e. The van der Waals surface area contributed by atoms with E-state index in [0.717, 1.165) is 12.3 Å². The van der Waals surface area contributed by atoms with Gasteiger partial charge in [-0.25, -0.2) is 14.6 Å². The third-order valence-corrected chi connectivity index (χ3v) is 4.66. The van der Waals surface area contributed by atoms with Crippen LogP contribution in [0.5, 0.6) is 0 Å². The minimum absolute atomic E-state index is 0.0167. The molecular weight excluding hydrogens is 409 g/mol. The zero-order chi connectivity index (χ0) is 21.5. The molecule has 1 aromatic carbocycles. The lowest BCUT2D eigenvalue weighted by Gasteiger charge is -2.29. The lowest BCUT2D eigenvalue weighted by atomic mass is 9.87. The van der Waals surface area contributed by atoms with Crippen molar-refractivity contribution in [2.45, 2.75) is 18.2 Å². The molecule has 4 rings (SSSR count). The number of nitrogens with zero attached hydrogens (tertiary/aromatic N) is 6. The highest BCUT2D eigenvalue weighted by atomic mass is 35.5. The van der Waals surface area contributed by atoms with E-state index in [-0.39, 0.29) is 33.9 Å². The van der Waals surface area contributed by atoms with E-state index in [2.05, 4.69) is 20.2 Å². The van der Waals surface area contributed by atoms with Crippen LogP contribution in [0.3, 0.4) is 0 Å². The van der Waals surface area contributed by atoms with Gasteiger partial charge in [-0.2, -0.15) is 23.5 Å². The van der Waals surface area contributed by atoms with Crippen molar-refractivity contribution < 1.29 is 19.4 Å². The summed E-state index contributed by atoms with van der Waals surface area (Å²) in [7, 11) is 0. The molecule has 3 aromatic rings. The van der Waals surface area contributed by atoms with Gasteiger partial charge in [0.25, 0.3) is 5.60 Å². The zero-order valence-corrected chi connectivity index (χ0v) is 15.1. The number of pyridine rings is 1. The summed E-state index contributed by atoms with van der Waals surface area (Å²) < 4.78 is 50.6. The Balaban J connectivity index is 1.72. The van der Waals surface area contributed by atoms with Crippen LogP contribution >= 0.6 is 11.6 Å². The van der Waals surface area contributed by atoms with Crippen LogP contribution in [0.15, 0.2) is 54.3 Å². The number of aromatic nitrogens is 4. The van der Waals surface area contributed by atoms with E-state index in [1.807, 2.05) is 6.07 Å². The molecule has 0 N–H and O–H groups in total. The lowest BCUT2D eigenvalue weighted by molar-refractivity contribution is -0.275. The van der Waals surface area contributed by atoms with Crippen LogP contribution in [0.4, 0.5) is 13.2 Å². The molecule has 0 saturated heterocycles. The summed E-state index contributed by atoms with van der Waals surface area (Å²) in [6, 6.07) is 8.59. The predicted octanol–water partition coefficient (Wildman–Crippen LogP) is 3.77. The molecule has 1 atom stereocenters. The molecule has 0 spiro atoms. The fourth-order valence-corrected chi connectivity index (χ4v) is 3.19. The summed E-state index contributed by atoms with van der Waals surface area (Å²) in [5.41, 5.74) is -2.19. The number of nitriles is 1. The third kappa shape index (κ3) is 3.19. The van der Waals surface area contributed by atoms with Crippen molar-refractivity contribution in [3.05, 3.63) is 71.0 Å². The van der Waals surface area contributed by atoms with E-state index >= 15 is 0 Å². The first-order valence-electron chi connectivity index (χ1n) is 8.60. The van der Waals surface area contributed by atoms with E-state index < -0.39 is 18.2 Å². The molecular formula is C18H10ClF3N6O. The van der Waals surface area contributed by atoms with Gasteiger partial charge in [0.1, 0.15) is 25.2 Å². The fourth-order valence-electron chi connectivity index (χ4n) is 3.01. The SMILES string of the molecule is [3H]c1ncn(-c2ccc(C3=NOC(c4ccnc(Cl)c4)(C(F)(F)F)C3)cc2C#N)n1. The molecule has 1 unspecified atom stereocenters. The van der Waals surface area contributed by atoms with E-state index in [0.29, 0.717) is 5.69 Å². The summed E-state index contributed by atoms with van der Waals surface area (Å²) in [6.07, 6.45) is -3.21. The van der Waals surface area contributed by atoms with Crippen molar-refractivity contribution in [3.63, 3.8) is 0 Å². The van der Waals surface area contributed by atoms with Crippen molar-refractivity contribution in [3.8, 4) is 11.8 Å². The summed E-state index contributed by atoms with van der Waals surface area (Å²) in [5, 5.41) is 16.8. The van der Waals surface area contributed by atoms with Crippen LogP contribution in [0, 0.1) is 11.3 Å². The normalized spacial score (nSPS) is 19.3. The quantitative estimate of drug-likeness (QED) is 0.602. The second kappa shape index (κ2) is 6.86. The zero-order valence-electron chi connectivity index (χ0n) is 15.4. The van der Waals surface area contributed by atoms with Crippen molar-refractivity contribution in [2.75, 3.05) is 0 Å². The average Bonchev–Trinajstić information content (AvgIpc) is 3.34. The van der Waals surface area contributed by atoms with Crippen molar-refractivity contribution in [1.29, 1.82) is 5.26 Å². The van der Waals surface area contributed by atoms with E-state index in [9.17, 15) is 18.4 Å². The number of hydrogen-bond acceptors (Lipinski definition) is 6. The molecule has 0 amide bonds. The van der Waals surface area contributed by atoms with Gasteiger partial charge in [0.15, 0.2) is 0 Å². The van der Waals surface area contributed by atoms with E-state index in [4.69, 9.17) is 17.8 Å².